The molecule has 4 nitrogen and oxygen atoms in total. The second kappa shape index (κ2) is 5.84. The third-order valence-electron chi connectivity index (χ3n) is 2.68. The number of hydrogen-bond acceptors (Lipinski definition) is 3. The molecule has 2 aromatic rings. The number of rotatable bonds is 4. The van der Waals surface area contributed by atoms with Gasteiger partial charge in [0.2, 0.25) is 5.75 Å². The summed E-state index contributed by atoms with van der Waals surface area (Å²) in [6, 6.07) is 12.1. The topological polar surface area (TPSA) is 52.4 Å². The summed E-state index contributed by atoms with van der Waals surface area (Å²) in [7, 11) is 0. The number of nitro benzene ring substituents is 1. The summed E-state index contributed by atoms with van der Waals surface area (Å²) >= 11 is 3.38. The number of para-hydroxylation sites is 2. The minimum absolute atomic E-state index is 0.0357. The summed E-state index contributed by atoms with van der Waals surface area (Å²) in [6.07, 6.45) is 0. The highest BCUT2D eigenvalue weighted by molar-refractivity contribution is 9.08. The number of halogens is 1. The molecule has 0 heterocycles. The molecule has 0 saturated carbocycles. The van der Waals surface area contributed by atoms with Gasteiger partial charge in [-0.3, -0.25) is 10.1 Å². The number of hydrogen-bond donors (Lipinski definition) is 0. The Morgan fingerprint density at radius 1 is 1.21 bits per heavy atom. The van der Waals surface area contributed by atoms with Crippen LogP contribution >= 0.6 is 15.9 Å². The lowest BCUT2D eigenvalue weighted by Gasteiger charge is -2.09. The highest BCUT2D eigenvalue weighted by atomic mass is 79.9. The lowest BCUT2D eigenvalue weighted by molar-refractivity contribution is -0.385. The van der Waals surface area contributed by atoms with Crippen molar-refractivity contribution in [3.05, 3.63) is 63.7 Å². The predicted octanol–water partition coefficient (Wildman–Crippen LogP) is 4.59. The van der Waals surface area contributed by atoms with Crippen LogP contribution in [0, 0.1) is 17.0 Å². The van der Waals surface area contributed by atoms with Crippen molar-refractivity contribution in [1.29, 1.82) is 0 Å². The minimum atomic E-state index is -0.447. The number of aryl methyl sites for hydroxylation is 1. The fraction of sp³-hybridized carbons (Fsp3) is 0.143. The van der Waals surface area contributed by atoms with E-state index in [1.807, 2.05) is 25.1 Å². The maximum Gasteiger partial charge on any atom is 0.311 e. The Morgan fingerprint density at radius 2 is 1.95 bits per heavy atom. The van der Waals surface area contributed by atoms with Crippen molar-refractivity contribution in [1.82, 2.24) is 0 Å². The summed E-state index contributed by atoms with van der Waals surface area (Å²) < 4.78 is 5.64. The molecule has 5 heteroatoms. The number of alkyl halides is 1. The van der Waals surface area contributed by atoms with Crippen molar-refractivity contribution >= 4 is 21.6 Å². The molecule has 0 radical (unpaired) electrons. The molecule has 0 aliphatic carbocycles. The van der Waals surface area contributed by atoms with E-state index in [9.17, 15) is 10.1 Å². The number of benzene rings is 2. The molecular weight excluding hydrogens is 310 g/mol. The van der Waals surface area contributed by atoms with E-state index < -0.39 is 4.92 Å². The molecule has 0 spiro atoms. The second-order valence-corrected chi connectivity index (χ2v) is 4.62. The third kappa shape index (κ3) is 3.12. The Hall–Kier alpha value is -1.88. The van der Waals surface area contributed by atoms with Gasteiger partial charge in [-0.1, -0.05) is 40.2 Å². The standard InChI is InChI=1S/C14H12BrNO3/c1-10-8-11(9-15)6-7-13(10)19-14-5-3-2-4-12(14)16(17)18/h2-8H,9H2,1H3. The number of nitro groups is 1. The molecule has 98 valence electrons. The van der Waals surface area contributed by atoms with E-state index in [0.29, 0.717) is 5.75 Å². The quantitative estimate of drug-likeness (QED) is 0.470. The van der Waals surface area contributed by atoms with Crippen molar-refractivity contribution < 1.29 is 9.66 Å². The van der Waals surface area contributed by atoms with Gasteiger partial charge in [-0.05, 0) is 30.2 Å². The first-order valence-corrected chi connectivity index (χ1v) is 6.80. The average Bonchev–Trinajstić information content (AvgIpc) is 2.41. The monoisotopic (exact) mass is 321 g/mol. The number of nitrogens with zero attached hydrogens (tertiary/aromatic N) is 1. The van der Waals surface area contributed by atoms with Crippen molar-refractivity contribution in [3.63, 3.8) is 0 Å². The van der Waals surface area contributed by atoms with Gasteiger partial charge in [0.25, 0.3) is 0 Å². The Morgan fingerprint density at radius 3 is 2.58 bits per heavy atom. The average molecular weight is 322 g/mol. The third-order valence-corrected chi connectivity index (χ3v) is 3.32. The maximum atomic E-state index is 10.9. The first-order valence-electron chi connectivity index (χ1n) is 5.68. The van der Waals surface area contributed by atoms with Crippen LogP contribution in [-0.2, 0) is 5.33 Å². The second-order valence-electron chi connectivity index (χ2n) is 4.06. The minimum Gasteiger partial charge on any atom is -0.450 e. The molecule has 0 atom stereocenters. The molecule has 0 amide bonds. The molecule has 0 saturated heterocycles. The first kappa shape index (κ1) is 13.5. The highest BCUT2D eigenvalue weighted by Crippen LogP contribution is 2.32. The van der Waals surface area contributed by atoms with E-state index in [1.54, 1.807) is 18.2 Å². The first-order chi connectivity index (χ1) is 9.11. The van der Waals surface area contributed by atoms with Crippen LogP contribution in [0.3, 0.4) is 0 Å². The molecule has 0 bridgehead atoms. The summed E-state index contributed by atoms with van der Waals surface area (Å²) in [5.74, 6) is 0.876. The maximum absolute atomic E-state index is 10.9. The van der Waals surface area contributed by atoms with Gasteiger partial charge in [0, 0.05) is 11.4 Å². The summed E-state index contributed by atoms with van der Waals surface area (Å²) in [5.41, 5.74) is 2.04. The van der Waals surface area contributed by atoms with E-state index in [2.05, 4.69) is 15.9 Å². The van der Waals surface area contributed by atoms with Crippen LogP contribution in [0.1, 0.15) is 11.1 Å². The van der Waals surface area contributed by atoms with Gasteiger partial charge in [-0.2, -0.15) is 0 Å². The van der Waals surface area contributed by atoms with Gasteiger partial charge in [-0.25, -0.2) is 0 Å². The Labute approximate surface area is 119 Å². The molecule has 0 unspecified atom stereocenters. The fourth-order valence-electron chi connectivity index (χ4n) is 1.72. The lowest BCUT2D eigenvalue weighted by atomic mass is 10.1. The van der Waals surface area contributed by atoms with E-state index in [0.717, 1.165) is 16.5 Å². The van der Waals surface area contributed by atoms with Gasteiger partial charge in [0.05, 0.1) is 4.92 Å². The molecule has 0 aromatic heterocycles. The van der Waals surface area contributed by atoms with Crippen LogP contribution in [0.5, 0.6) is 11.5 Å². The van der Waals surface area contributed by atoms with E-state index in [4.69, 9.17) is 4.74 Å². The van der Waals surface area contributed by atoms with Crippen LogP contribution in [0.4, 0.5) is 5.69 Å². The Kier molecular flexibility index (Phi) is 4.16. The molecule has 0 fully saturated rings. The van der Waals surface area contributed by atoms with Gasteiger partial charge in [0.15, 0.2) is 0 Å². The summed E-state index contributed by atoms with van der Waals surface area (Å²) in [5, 5.41) is 11.7. The van der Waals surface area contributed by atoms with Crippen LogP contribution in [-0.4, -0.2) is 4.92 Å². The van der Waals surface area contributed by atoms with Crippen molar-refractivity contribution in [2.45, 2.75) is 12.3 Å². The van der Waals surface area contributed by atoms with Crippen molar-refractivity contribution in [2.24, 2.45) is 0 Å². The smallest absolute Gasteiger partial charge is 0.311 e. The zero-order valence-corrected chi connectivity index (χ0v) is 11.9. The van der Waals surface area contributed by atoms with Crippen LogP contribution in [0.2, 0.25) is 0 Å². The molecule has 0 aliphatic rings. The molecule has 2 rings (SSSR count). The largest absolute Gasteiger partial charge is 0.450 e. The van der Waals surface area contributed by atoms with Gasteiger partial charge < -0.3 is 4.74 Å². The van der Waals surface area contributed by atoms with Gasteiger partial charge >= 0.3 is 5.69 Å². The number of ether oxygens (including phenoxy) is 1. The van der Waals surface area contributed by atoms with Crippen molar-refractivity contribution in [2.75, 3.05) is 0 Å². The lowest BCUT2D eigenvalue weighted by Crippen LogP contribution is -1.94. The molecule has 19 heavy (non-hydrogen) atoms. The predicted molar refractivity (Wildman–Crippen MR) is 77.0 cm³/mol. The molecule has 2 aromatic carbocycles. The van der Waals surface area contributed by atoms with E-state index >= 15 is 0 Å². The normalized spacial score (nSPS) is 10.2. The van der Waals surface area contributed by atoms with E-state index in [-0.39, 0.29) is 11.4 Å². The fourth-order valence-corrected chi connectivity index (χ4v) is 2.07. The van der Waals surface area contributed by atoms with Crippen LogP contribution in [0.25, 0.3) is 0 Å². The molecule has 0 aliphatic heterocycles. The van der Waals surface area contributed by atoms with Crippen LogP contribution in [0.15, 0.2) is 42.5 Å². The zero-order chi connectivity index (χ0) is 13.8. The Bertz CT molecular complexity index is 613. The SMILES string of the molecule is Cc1cc(CBr)ccc1Oc1ccccc1[N+](=O)[O-]. The van der Waals surface area contributed by atoms with Gasteiger partial charge in [-0.15, -0.1) is 0 Å². The van der Waals surface area contributed by atoms with E-state index in [1.165, 1.54) is 6.07 Å². The molecular formula is C14H12BrNO3. The highest BCUT2D eigenvalue weighted by Gasteiger charge is 2.15. The van der Waals surface area contributed by atoms with Crippen molar-refractivity contribution in [3.8, 4) is 11.5 Å². The van der Waals surface area contributed by atoms with Crippen LogP contribution < -0.4 is 4.74 Å². The molecule has 0 N–H and O–H groups in total. The summed E-state index contributed by atoms with van der Waals surface area (Å²) in [4.78, 5) is 10.5. The van der Waals surface area contributed by atoms with Gasteiger partial charge in [0.1, 0.15) is 5.75 Å². The zero-order valence-electron chi connectivity index (χ0n) is 10.3. The summed E-state index contributed by atoms with van der Waals surface area (Å²) in [6.45, 7) is 1.91. The Balaban J connectivity index is 2.34.